The molecule has 3 aliphatic rings. The third-order valence-corrected chi connectivity index (χ3v) is 15.3. The lowest BCUT2D eigenvalue weighted by Crippen LogP contribution is -2.50. The van der Waals surface area contributed by atoms with Crippen molar-refractivity contribution in [3.8, 4) is 11.4 Å². The van der Waals surface area contributed by atoms with E-state index in [2.05, 4.69) is 212 Å². The third-order valence-electron chi connectivity index (χ3n) is 15.3. The van der Waals surface area contributed by atoms with Gasteiger partial charge in [0.15, 0.2) is 5.82 Å². The molecule has 14 rings (SSSR count). The van der Waals surface area contributed by atoms with Crippen LogP contribution in [0, 0.1) is 0 Å². The van der Waals surface area contributed by atoms with Crippen LogP contribution in [-0.2, 0) is 0 Å². The average molecular weight is 907 g/mol. The van der Waals surface area contributed by atoms with Crippen molar-refractivity contribution in [3.63, 3.8) is 0 Å². The molecule has 338 valence electrons. The molecule has 0 bridgehead atoms. The fraction of sp³-hybridized carbons (Fsp3) is 0.129. The number of fused-ring (bicyclic) bond motifs is 13. The molecule has 3 aromatic heterocycles. The zero-order valence-electron chi connectivity index (χ0n) is 38.8. The maximum Gasteiger partial charge on any atom is 0.163 e. The highest BCUT2D eigenvalue weighted by atomic mass is 15.3. The molecule has 70 heavy (non-hydrogen) atoms. The van der Waals surface area contributed by atoms with Crippen LogP contribution in [0.2, 0.25) is 0 Å². The lowest BCUT2D eigenvalue weighted by atomic mass is 9.87. The molecule has 0 amide bonds. The third kappa shape index (κ3) is 6.06. The summed E-state index contributed by atoms with van der Waals surface area (Å²) in [6, 6.07) is 67.5. The molecule has 8 nitrogen and oxygen atoms in total. The SMILES string of the molecule is CNC1CC(N2c3c(ccc4c5ccccc5n(-c5ccccc5)c34)C3C=CCCC32)C=N/C1=N/C(=C(\N)c1ccccc1)n1c2ccccc2c2cc3c(cc21)c1ccccc1n3-c1ccccc1. The van der Waals surface area contributed by atoms with Crippen molar-refractivity contribution >= 4 is 94.7 Å². The fourth-order valence-corrected chi connectivity index (χ4v) is 12.3. The Morgan fingerprint density at radius 3 is 1.90 bits per heavy atom. The van der Waals surface area contributed by atoms with Crippen molar-refractivity contribution in [2.24, 2.45) is 15.7 Å². The molecule has 11 aromatic rings. The van der Waals surface area contributed by atoms with Crippen LogP contribution in [0.5, 0.6) is 0 Å². The largest absolute Gasteiger partial charge is 0.395 e. The lowest BCUT2D eigenvalue weighted by Gasteiger charge is -2.39. The lowest BCUT2D eigenvalue weighted by molar-refractivity contribution is 0.481. The van der Waals surface area contributed by atoms with Crippen molar-refractivity contribution in [2.45, 2.75) is 43.3 Å². The van der Waals surface area contributed by atoms with Gasteiger partial charge in [0.2, 0.25) is 0 Å². The number of nitrogens with two attached hydrogens (primary N) is 1. The van der Waals surface area contributed by atoms with Gasteiger partial charge in [-0.1, -0.05) is 146 Å². The molecular formula is C62H50N8. The van der Waals surface area contributed by atoms with E-state index < -0.39 is 0 Å². The molecule has 4 atom stereocenters. The second-order valence-corrected chi connectivity index (χ2v) is 19.0. The summed E-state index contributed by atoms with van der Waals surface area (Å²) in [6.07, 6.45) is 9.91. The van der Waals surface area contributed by atoms with Crippen LogP contribution in [0.1, 0.15) is 36.3 Å². The van der Waals surface area contributed by atoms with Crippen molar-refractivity contribution < 1.29 is 0 Å². The fourth-order valence-electron chi connectivity index (χ4n) is 12.3. The molecule has 0 spiro atoms. The summed E-state index contributed by atoms with van der Waals surface area (Å²) in [5.74, 6) is 1.64. The summed E-state index contributed by atoms with van der Waals surface area (Å²) in [6.45, 7) is 0. The smallest absolute Gasteiger partial charge is 0.163 e. The van der Waals surface area contributed by atoms with E-state index in [0.717, 1.165) is 74.4 Å². The van der Waals surface area contributed by atoms with Crippen LogP contribution >= 0.6 is 0 Å². The number of nitrogens with zero attached hydrogens (tertiary/aromatic N) is 6. The van der Waals surface area contributed by atoms with Gasteiger partial charge >= 0.3 is 0 Å². The van der Waals surface area contributed by atoms with E-state index in [1.807, 2.05) is 25.2 Å². The minimum absolute atomic E-state index is 0.00633. The Kier molecular flexibility index (Phi) is 9.32. The predicted octanol–water partition coefficient (Wildman–Crippen LogP) is 13.4. The van der Waals surface area contributed by atoms with E-state index in [4.69, 9.17) is 15.7 Å². The number of benzene rings is 8. The number of nitrogens with one attached hydrogen (secondary N) is 1. The molecule has 0 fully saturated rings. The number of allylic oxidation sites excluding steroid dienone is 1. The Morgan fingerprint density at radius 2 is 1.19 bits per heavy atom. The van der Waals surface area contributed by atoms with Gasteiger partial charge < -0.3 is 25.1 Å². The van der Waals surface area contributed by atoms with E-state index in [1.165, 1.54) is 38.4 Å². The summed E-state index contributed by atoms with van der Waals surface area (Å²) >= 11 is 0. The van der Waals surface area contributed by atoms with Crippen LogP contribution in [0.3, 0.4) is 0 Å². The number of amidine groups is 1. The molecule has 4 unspecified atom stereocenters. The van der Waals surface area contributed by atoms with Crippen LogP contribution < -0.4 is 16.0 Å². The maximum absolute atomic E-state index is 7.46. The van der Waals surface area contributed by atoms with E-state index in [9.17, 15) is 0 Å². The Balaban J connectivity index is 0.968. The predicted molar refractivity (Wildman–Crippen MR) is 293 cm³/mol. The Bertz CT molecular complexity index is 4000. The molecule has 8 heteroatoms. The van der Waals surface area contributed by atoms with Gasteiger partial charge in [0.25, 0.3) is 0 Å². The highest BCUT2D eigenvalue weighted by Crippen LogP contribution is 2.52. The number of likely N-dealkylation sites (N-methyl/N-ethyl adjacent to an activating group) is 1. The summed E-state index contributed by atoms with van der Waals surface area (Å²) in [5, 5.41) is 10.8. The molecule has 1 aliphatic carbocycles. The first kappa shape index (κ1) is 40.6. The van der Waals surface area contributed by atoms with E-state index >= 15 is 0 Å². The van der Waals surface area contributed by atoms with E-state index in [1.54, 1.807) is 0 Å². The quantitative estimate of drug-likeness (QED) is 0.156. The van der Waals surface area contributed by atoms with Crippen LogP contribution in [0.15, 0.2) is 210 Å². The summed E-state index contributed by atoms with van der Waals surface area (Å²) in [7, 11) is 2.04. The average Bonchev–Trinajstić information content (AvgIpc) is 4.15. The molecule has 5 heterocycles. The van der Waals surface area contributed by atoms with Crippen molar-refractivity contribution in [1.29, 1.82) is 0 Å². The standard InChI is InChI=1S/C62H50N8/c1-64-51-35-42(69-54-31-17-12-26-44(54)48-34-33-47-43-25-11-16-30-53(43)68(59(47)60(48)69)41-23-9-4-10-24-41)38-65-61(51)66-62(58(63)39-19-5-2-6-20-39)70-55-32-18-14-28-46(55)50-36-56-49(37-57(50)70)45-27-13-15-29-52(45)67(56)40-21-7-3-8-22-40/h2-16,18-30,32-34,36-38,42,44,51,54,64H,17,31,35,63H2,1H3/b62-58+,66-61+. The van der Waals surface area contributed by atoms with Crippen LogP contribution in [-0.4, -0.2) is 50.9 Å². The van der Waals surface area contributed by atoms with Gasteiger partial charge in [-0.25, -0.2) is 9.98 Å². The van der Waals surface area contributed by atoms with Gasteiger partial charge in [-0.05, 0) is 86.5 Å². The molecule has 8 aromatic carbocycles. The van der Waals surface area contributed by atoms with Gasteiger partial charge in [0, 0.05) is 67.4 Å². The first-order valence-electron chi connectivity index (χ1n) is 24.6. The topological polar surface area (TPSA) is 80.8 Å². The van der Waals surface area contributed by atoms with Crippen molar-refractivity contribution in [1.82, 2.24) is 19.0 Å². The zero-order valence-corrected chi connectivity index (χ0v) is 38.8. The first-order valence-corrected chi connectivity index (χ1v) is 24.6. The minimum atomic E-state index is -0.168. The highest BCUT2D eigenvalue weighted by Gasteiger charge is 2.44. The summed E-state index contributed by atoms with van der Waals surface area (Å²) < 4.78 is 7.15. The normalized spacial score (nSPS) is 19.8. The molecular weight excluding hydrogens is 857 g/mol. The number of aromatic nitrogens is 3. The number of para-hydroxylation sites is 5. The summed E-state index contributed by atoms with van der Waals surface area (Å²) in [4.78, 5) is 13.8. The van der Waals surface area contributed by atoms with Gasteiger partial charge in [-0.2, -0.15) is 0 Å². The molecule has 2 aliphatic heterocycles. The van der Waals surface area contributed by atoms with Gasteiger partial charge in [-0.15, -0.1) is 0 Å². The van der Waals surface area contributed by atoms with Crippen LogP contribution in [0.25, 0.3) is 88.3 Å². The van der Waals surface area contributed by atoms with Crippen LogP contribution in [0.4, 0.5) is 5.69 Å². The monoisotopic (exact) mass is 906 g/mol. The molecule has 0 saturated carbocycles. The van der Waals surface area contributed by atoms with Crippen molar-refractivity contribution in [2.75, 3.05) is 11.9 Å². The van der Waals surface area contributed by atoms with E-state index in [0.29, 0.717) is 23.4 Å². The Hall–Kier alpha value is -8.46. The molecule has 0 radical (unpaired) electrons. The number of hydrogen-bond donors (Lipinski definition) is 2. The van der Waals surface area contributed by atoms with Gasteiger partial charge in [0.1, 0.15) is 5.84 Å². The van der Waals surface area contributed by atoms with E-state index in [-0.39, 0.29) is 18.0 Å². The number of hydrogen-bond acceptors (Lipinski definition) is 4. The second-order valence-electron chi connectivity index (χ2n) is 19.0. The maximum atomic E-state index is 7.46. The minimum Gasteiger partial charge on any atom is -0.395 e. The first-order chi connectivity index (χ1) is 34.6. The molecule has 3 N–H and O–H groups in total. The zero-order chi connectivity index (χ0) is 46.5. The van der Waals surface area contributed by atoms with Gasteiger partial charge in [0.05, 0.1) is 56.6 Å². The second kappa shape index (κ2) is 16.1. The number of aliphatic imine (C=N–C) groups is 2. The van der Waals surface area contributed by atoms with Gasteiger partial charge in [-0.3, -0.25) is 4.57 Å². The summed E-state index contributed by atoms with van der Waals surface area (Å²) in [5.41, 5.74) is 20.8. The Morgan fingerprint density at radius 1 is 0.600 bits per heavy atom. The molecule has 0 saturated heterocycles. The number of anilines is 1. The number of rotatable bonds is 7. The van der Waals surface area contributed by atoms with Crippen molar-refractivity contribution in [3.05, 3.63) is 211 Å². The highest BCUT2D eigenvalue weighted by molar-refractivity contribution is 6.20. The Labute approximate surface area is 405 Å².